The van der Waals surface area contributed by atoms with Gasteiger partial charge in [-0.15, -0.1) is 0 Å². The summed E-state index contributed by atoms with van der Waals surface area (Å²) in [4.78, 5) is 21.1. The quantitative estimate of drug-likeness (QED) is 0.418. The fourth-order valence-electron chi connectivity index (χ4n) is 2.33. The van der Waals surface area contributed by atoms with E-state index < -0.39 is 4.92 Å². The van der Waals surface area contributed by atoms with Gasteiger partial charge in [0.1, 0.15) is 6.29 Å². The lowest BCUT2D eigenvalue weighted by Crippen LogP contribution is -1.98. The zero-order chi connectivity index (χ0) is 14.8. The van der Waals surface area contributed by atoms with Crippen LogP contribution in [0.2, 0.25) is 0 Å². The molecule has 0 radical (unpaired) electrons. The minimum atomic E-state index is -0.412. The van der Waals surface area contributed by atoms with Crippen molar-refractivity contribution in [1.29, 1.82) is 0 Å². The van der Waals surface area contributed by atoms with Gasteiger partial charge in [-0.25, -0.2) is 0 Å². The van der Waals surface area contributed by atoms with Crippen molar-refractivity contribution in [2.75, 3.05) is 0 Å². The van der Waals surface area contributed by atoms with E-state index in [2.05, 4.69) is 0 Å². The number of hydrogen-bond acceptors (Lipinski definition) is 3. The number of nitro groups is 1. The second-order valence-corrected chi connectivity index (χ2v) is 4.80. The fraction of sp³-hybridized carbons (Fsp3) is 0.0625. The molecule has 0 aliphatic heterocycles. The van der Waals surface area contributed by atoms with Gasteiger partial charge in [0.25, 0.3) is 5.69 Å². The fourth-order valence-corrected chi connectivity index (χ4v) is 2.33. The molecule has 21 heavy (non-hydrogen) atoms. The van der Waals surface area contributed by atoms with Gasteiger partial charge in [-0.2, -0.15) is 0 Å². The smallest absolute Gasteiger partial charge is 0.269 e. The first-order valence-electron chi connectivity index (χ1n) is 6.45. The second-order valence-electron chi connectivity index (χ2n) is 4.80. The maximum Gasteiger partial charge on any atom is 0.269 e. The van der Waals surface area contributed by atoms with Crippen LogP contribution in [0.1, 0.15) is 15.9 Å². The van der Waals surface area contributed by atoms with Crippen molar-refractivity contribution >= 4 is 22.9 Å². The number of carbonyl (C=O) groups is 1. The first-order valence-corrected chi connectivity index (χ1v) is 6.45. The molecule has 5 nitrogen and oxygen atoms in total. The predicted molar refractivity (Wildman–Crippen MR) is 79.5 cm³/mol. The van der Waals surface area contributed by atoms with Gasteiger partial charge in [-0.3, -0.25) is 14.9 Å². The van der Waals surface area contributed by atoms with Crippen LogP contribution in [0.4, 0.5) is 5.69 Å². The van der Waals surface area contributed by atoms with Crippen LogP contribution >= 0.6 is 0 Å². The van der Waals surface area contributed by atoms with Crippen LogP contribution in [-0.2, 0) is 6.54 Å². The number of hydrogen-bond donors (Lipinski definition) is 0. The predicted octanol–water partition coefficient (Wildman–Crippen LogP) is 3.41. The molecule has 1 aromatic heterocycles. The molecule has 0 N–H and O–H groups in total. The van der Waals surface area contributed by atoms with Gasteiger partial charge in [0.15, 0.2) is 0 Å². The minimum Gasteiger partial charge on any atom is -0.343 e. The van der Waals surface area contributed by atoms with Crippen LogP contribution in [0.15, 0.2) is 54.7 Å². The van der Waals surface area contributed by atoms with E-state index in [0.29, 0.717) is 12.1 Å². The molecule has 0 amide bonds. The summed E-state index contributed by atoms with van der Waals surface area (Å²) in [7, 11) is 0. The Morgan fingerprint density at radius 1 is 1.10 bits per heavy atom. The van der Waals surface area contributed by atoms with Crippen molar-refractivity contribution in [2.45, 2.75) is 6.54 Å². The molecule has 0 spiro atoms. The Labute approximate surface area is 120 Å². The Morgan fingerprint density at radius 2 is 1.86 bits per heavy atom. The van der Waals surface area contributed by atoms with E-state index in [9.17, 15) is 14.9 Å². The van der Waals surface area contributed by atoms with Crippen molar-refractivity contribution in [1.82, 2.24) is 4.57 Å². The number of nitro benzene ring substituents is 1. The van der Waals surface area contributed by atoms with Crippen molar-refractivity contribution in [3.05, 3.63) is 76.0 Å². The highest BCUT2D eigenvalue weighted by Crippen LogP contribution is 2.19. The Kier molecular flexibility index (Phi) is 3.23. The molecule has 1 heterocycles. The normalized spacial score (nSPS) is 10.7. The van der Waals surface area contributed by atoms with E-state index in [1.54, 1.807) is 18.2 Å². The Hall–Kier alpha value is -2.95. The summed E-state index contributed by atoms with van der Waals surface area (Å²) in [5.74, 6) is 0. The molecule has 0 aliphatic carbocycles. The number of fused-ring (bicyclic) bond motifs is 1. The first-order chi connectivity index (χ1) is 10.2. The van der Waals surface area contributed by atoms with Crippen molar-refractivity contribution in [3.63, 3.8) is 0 Å². The van der Waals surface area contributed by atoms with Crippen molar-refractivity contribution in [3.8, 4) is 0 Å². The zero-order valence-corrected chi connectivity index (χ0v) is 11.1. The van der Waals surface area contributed by atoms with Crippen LogP contribution in [0.5, 0.6) is 0 Å². The van der Waals surface area contributed by atoms with Gasteiger partial charge in [-0.1, -0.05) is 24.3 Å². The average molecular weight is 280 g/mol. The van der Waals surface area contributed by atoms with Crippen molar-refractivity contribution < 1.29 is 9.72 Å². The van der Waals surface area contributed by atoms with E-state index in [1.807, 2.05) is 29.0 Å². The minimum absolute atomic E-state index is 0.0827. The molecule has 0 bridgehead atoms. The largest absolute Gasteiger partial charge is 0.343 e. The third-order valence-electron chi connectivity index (χ3n) is 3.43. The molecule has 0 unspecified atom stereocenters. The monoisotopic (exact) mass is 280 g/mol. The summed E-state index contributed by atoms with van der Waals surface area (Å²) in [6.45, 7) is 0.601. The van der Waals surface area contributed by atoms with E-state index in [1.165, 1.54) is 12.1 Å². The summed E-state index contributed by atoms with van der Waals surface area (Å²) >= 11 is 0. The molecule has 0 aliphatic rings. The van der Waals surface area contributed by atoms with Gasteiger partial charge < -0.3 is 4.57 Å². The summed E-state index contributed by atoms with van der Waals surface area (Å²) in [5.41, 5.74) is 2.65. The molecule has 2 aromatic carbocycles. The average Bonchev–Trinajstić information content (AvgIpc) is 2.90. The first kappa shape index (κ1) is 13.1. The summed E-state index contributed by atoms with van der Waals surface area (Å²) in [5, 5.41) is 11.7. The Balaban J connectivity index is 1.93. The van der Waals surface area contributed by atoms with Crippen LogP contribution < -0.4 is 0 Å². The zero-order valence-electron chi connectivity index (χ0n) is 11.1. The van der Waals surface area contributed by atoms with Crippen LogP contribution in [0.25, 0.3) is 10.9 Å². The molecular weight excluding hydrogens is 268 g/mol. The van der Waals surface area contributed by atoms with Gasteiger partial charge in [-0.05, 0) is 23.1 Å². The van der Waals surface area contributed by atoms with Crippen molar-refractivity contribution in [2.24, 2.45) is 0 Å². The highest BCUT2D eigenvalue weighted by Gasteiger charge is 2.06. The van der Waals surface area contributed by atoms with E-state index in [4.69, 9.17) is 0 Å². The molecule has 0 saturated carbocycles. The van der Waals surface area contributed by atoms with Gasteiger partial charge in [0.05, 0.1) is 4.92 Å². The molecule has 0 fully saturated rings. The van der Waals surface area contributed by atoms with E-state index in [0.717, 1.165) is 22.8 Å². The van der Waals surface area contributed by atoms with Crippen LogP contribution in [0, 0.1) is 10.1 Å². The number of benzene rings is 2. The number of aldehydes is 1. The Morgan fingerprint density at radius 3 is 2.52 bits per heavy atom. The SMILES string of the molecule is O=Cc1ccc2ccn(Cc3ccc([N+](=O)[O-])cc3)c2c1. The maximum atomic E-state index is 10.9. The summed E-state index contributed by atoms with van der Waals surface area (Å²) < 4.78 is 2.02. The maximum absolute atomic E-state index is 10.9. The molecule has 5 heteroatoms. The van der Waals surface area contributed by atoms with Crippen LogP contribution in [0.3, 0.4) is 0 Å². The molecule has 0 saturated heterocycles. The number of rotatable bonds is 4. The third kappa shape index (κ3) is 2.53. The summed E-state index contributed by atoms with van der Waals surface area (Å²) in [6.07, 6.45) is 2.77. The highest BCUT2D eigenvalue weighted by atomic mass is 16.6. The molecule has 3 aromatic rings. The number of aromatic nitrogens is 1. The second kappa shape index (κ2) is 5.20. The standard InChI is InChI=1S/C16H12N2O3/c19-11-13-1-4-14-7-8-17(16(14)9-13)10-12-2-5-15(6-3-12)18(20)21/h1-9,11H,10H2. The molecule has 0 atom stereocenters. The summed E-state index contributed by atoms with van der Waals surface area (Å²) in [6, 6.07) is 14.0. The van der Waals surface area contributed by atoms with E-state index >= 15 is 0 Å². The highest BCUT2D eigenvalue weighted by molar-refractivity contribution is 5.87. The van der Waals surface area contributed by atoms with E-state index in [-0.39, 0.29) is 5.69 Å². The lowest BCUT2D eigenvalue weighted by molar-refractivity contribution is -0.384. The van der Waals surface area contributed by atoms with Gasteiger partial charge in [0.2, 0.25) is 0 Å². The molecule has 3 rings (SSSR count). The number of nitrogens with zero attached hydrogens (tertiary/aromatic N) is 2. The van der Waals surface area contributed by atoms with Gasteiger partial charge in [0, 0.05) is 36.0 Å². The third-order valence-corrected chi connectivity index (χ3v) is 3.43. The molecular formula is C16H12N2O3. The molecule has 104 valence electrons. The van der Waals surface area contributed by atoms with Crippen LogP contribution in [-0.4, -0.2) is 15.8 Å². The topological polar surface area (TPSA) is 65.1 Å². The number of carbonyl (C=O) groups excluding carboxylic acids is 1. The van der Waals surface area contributed by atoms with Gasteiger partial charge >= 0.3 is 0 Å². The number of non-ortho nitro benzene ring substituents is 1. The Bertz CT molecular complexity index is 819. The lowest BCUT2D eigenvalue weighted by Gasteiger charge is -2.06. The lowest BCUT2D eigenvalue weighted by atomic mass is 10.1.